The fourth-order valence-electron chi connectivity index (χ4n) is 1.63. The van der Waals surface area contributed by atoms with Crippen LogP contribution in [0.15, 0.2) is 0 Å². The van der Waals surface area contributed by atoms with Crippen LogP contribution in [-0.2, 0) is 0 Å². The predicted octanol–water partition coefficient (Wildman–Crippen LogP) is 2.18. The summed E-state index contributed by atoms with van der Waals surface area (Å²) in [6, 6.07) is 0.705. The van der Waals surface area contributed by atoms with Crippen LogP contribution in [-0.4, -0.2) is 12.6 Å². The molecule has 1 aliphatic carbocycles. The third-order valence-corrected chi connectivity index (χ3v) is 2.82. The largest absolute Gasteiger partial charge is 0.314 e. The van der Waals surface area contributed by atoms with Crippen LogP contribution in [0.2, 0.25) is 0 Å². The van der Waals surface area contributed by atoms with Crippen molar-refractivity contribution < 1.29 is 0 Å². The number of hydrogen-bond donors (Lipinski definition) is 1. The minimum atomic E-state index is 0.705. The lowest BCUT2D eigenvalue weighted by atomic mass is 9.80. The molecule has 1 heteroatoms. The smallest absolute Gasteiger partial charge is 0.00981 e. The third-order valence-electron chi connectivity index (χ3n) is 2.82. The molecule has 68 valence electrons. The van der Waals surface area contributed by atoms with Gasteiger partial charge in [-0.15, -0.1) is 12.3 Å². The summed E-state index contributed by atoms with van der Waals surface area (Å²) in [5.41, 5.74) is 0. The van der Waals surface area contributed by atoms with Gasteiger partial charge in [0.1, 0.15) is 0 Å². The molecule has 1 unspecified atom stereocenters. The molecule has 1 aliphatic rings. The molecule has 0 aliphatic heterocycles. The summed E-state index contributed by atoms with van der Waals surface area (Å²) < 4.78 is 0. The van der Waals surface area contributed by atoms with Gasteiger partial charge in [-0.1, -0.05) is 6.42 Å². The second-order valence-electron chi connectivity index (χ2n) is 3.74. The van der Waals surface area contributed by atoms with E-state index in [4.69, 9.17) is 6.42 Å². The summed E-state index contributed by atoms with van der Waals surface area (Å²) in [5, 5.41) is 3.52. The molecule has 1 N–H and O–H groups in total. The Bertz CT molecular complexity index is 153. The Kier molecular flexibility index (Phi) is 4.18. The van der Waals surface area contributed by atoms with Crippen molar-refractivity contribution in [3.8, 4) is 12.3 Å². The quantitative estimate of drug-likeness (QED) is 0.486. The average molecular weight is 165 g/mol. The molecule has 1 fully saturated rings. The average Bonchev–Trinajstić information content (AvgIpc) is 1.95. The first-order valence-corrected chi connectivity index (χ1v) is 5.01. The zero-order valence-electron chi connectivity index (χ0n) is 7.97. The van der Waals surface area contributed by atoms with Crippen LogP contribution in [0.4, 0.5) is 0 Å². The molecule has 0 bridgehead atoms. The van der Waals surface area contributed by atoms with E-state index in [1.54, 1.807) is 0 Å². The van der Waals surface area contributed by atoms with Crippen LogP contribution in [0, 0.1) is 18.3 Å². The topological polar surface area (TPSA) is 12.0 Å². The predicted molar refractivity (Wildman–Crippen MR) is 52.9 cm³/mol. The molecular weight excluding hydrogens is 146 g/mol. The Balaban J connectivity index is 1.95. The minimum Gasteiger partial charge on any atom is -0.314 e. The first kappa shape index (κ1) is 9.61. The van der Waals surface area contributed by atoms with Crippen molar-refractivity contribution in [3.05, 3.63) is 0 Å². The molecule has 1 saturated carbocycles. The highest BCUT2D eigenvalue weighted by atomic mass is 14.9. The van der Waals surface area contributed by atoms with Crippen LogP contribution in [0.5, 0.6) is 0 Å². The van der Waals surface area contributed by atoms with E-state index >= 15 is 0 Å². The Hall–Kier alpha value is -0.480. The lowest BCUT2D eigenvalue weighted by Gasteiger charge is -2.32. The monoisotopic (exact) mass is 165 g/mol. The highest BCUT2D eigenvalue weighted by Crippen LogP contribution is 2.29. The standard InChI is InChI=1S/C11H19N/c1-3-4-5-9-12-10(2)11-7-6-8-11/h1,10-12H,4-9H2,2H3. The van der Waals surface area contributed by atoms with Gasteiger partial charge in [0, 0.05) is 12.5 Å². The molecule has 0 aromatic carbocycles. The molecule has 0 radical (unpaired) electrons. The first-order chi connectivity index (χ1) is 5.84. The number of unbranched alkanes of at least 4 members (excludes halogenated alkanes) is 1. The van der Waals surface area contributed by atoms with Crippen LogP contribution in [0.3, 0.4) is 0 Å². The van der Waals surface area contributed by atoms with E-state index in [1.165, 1.54) is 19.3 Å². The molecule has 0 aromatic rings. The Morgan fingerprint density at radius 3 is 2.83 bits per heavy atom. The zero-order valence-corrected chi connectivity index (χ0v) is 7.97. The van der Waals surface area contributed by atoms with Gasteiger partial charge in [0.2, 0.25) is 0 Å². The highest BCUT2D eigenvalue weighted by molar-refractivity contribution is 4.84. The number of terminal acetylenes is 1. The van der Waals surface area contributed by atoms with Gasteiger partial charge >= 0.3 is 0 Å². The fourth-order valence-corrected chi connectivity index (χ4v) is 1.63. The summed E-state index contributed by atoms with van der Waals surface area (Å²) in [4.78, 5) is 0. The maximum absolute atomic E-state index is 5.16. The van der Waals surface area contributed by atoms with Gasteiger partial charge in [0.05, 0.1) is 0 Å². The SMILES string of the molecule is C#CCCCNC(C)C1CCC1. The summed E-state index contributed by atoms with van der Waals surface area (Å²) in [7, 11) is 0. The molecule has 0 saturated heterocycles. The van der Waals surface area contributed by atoms with Crippen LogP contribution >= 0.6 is 0 Å². The Morgan fingerprint density at radius 1 is 1.58 bits per heavy atom. The summed E-state index contributed by atoms with van der Waals surface area (Å²) in [6.07, 6.45) is 11.5. The summed E-state index contributed by atoms with van der Waals surface area (Å²) in [5.74, 6) is 3.60. The Morgan fingerprint density at radius 2 is 2.33 bits per heavy atom. The van der Waals surface area contributed by atoms with Gasteiger partial charge in [-0.3, -0.25) is 0 Å². The second-order valence-corrected chi connectivity index (χ2v) is 3.74. The molecule has 1 rings (SSSR count). The van der Waals surface area contributed by atoms with Gasteiger partial charge in [0.15, 0.2) is 0 Å². The van der Waals surface area contributed by atoms with Crippen LogP contribution < -0.4 is 5.32 Å². The molecule has 0 spiro atoms. The van der Waals surface area contributed by atoms with Crippen molar-refractivity contribution in [1.82, 2.24) is 5.32 Å². The maximum Gasteiger partial charge on any atom is 0.00981 e. The van der Waals surface area contributed by atoms with E-state index in [0.717, 1.165) is 25.3 Å². The van der Waals surface area contributed by atoms with Crippen LogP contribution in [0.1, 0.15) is 39.0 Å². The van der Waals surface area contributed by atoms with Crippen molar-refractivity contribution >= 4 is 0 Å². The number of rotatable bonds is 5. The van der Waals surface area contributed by atoms with Gasteiger partial charge in [-0.25, -0.2) is 0 Å². The summed E-state index contributed by atoms with van der Waals surface area (Å²) in [6.45, 7) is 3.38. The molecule has 1 atom stereocenters. The zero-order chi connectivity index (χ0) is 8.81. The van der Waals surface area contributed by atoms with E-state index in [0.29, 0.717) is 6.04 Å². The number of hydrogen-bond acceptors (Lipinski definition) is 1. The third kappa shape index (κ3) is 2.87. The summed E-state index contributed by atoms with van der Waals surface area (Å²) >= 11 is 0. The first-order valence-electron chi connectivity index (χ1n) is 5.01. The van der Waals surface area contributed by atoms with Gasteiger partial charge in [-0.05, 0) is 38.6 Å². The normalized spacial score (nSPS) is 19.7. The van der Waals surface area contributed by atoms with Crippen LogP contribution in [0.25, 0.3) is 0 Å². The number of nitrogens with one attached hydrogen (secondary N) is 1. The van der Waals surface area contributed by atoms with E-state index in [-0.39, 0.29) is 0 Å². The van der Waals surface area contributed by atoms with Crippen molar-refractivity contribution in [2.45, 2.75) is 45.1 Å². The molecule has 0 amide bonds. The molecular formula is C11H19N. The van der Waals surface area contributed by atoms with Crippen molar-refractivity contribution in [3.63, 3.8) is 0 Å². The fraction of sp³-hybridized carbons (Fsp3) is 0.818. The lowest BCUT2D eigenvalue weighted by Crippen LogP contribution is -2.37. The molecule has 0 heterocycles. The van der Waals surface area contributed by atoms with E-state index in [2.05, 4.69) is 18.2 Å². The van der Waals surface area contributed by atoms with Gasteiger partial charge < -0.3 is 5.32 Å². The van der Waals surface area contributed by atoms with Gasteiger partial charge in [0.25, 0.3) is 0 Å². The van der Waals surface area contributed by atoms with E-state index < -0.39 is 0 Å². The van der Waals surface area contributed by atoms with Crippen molar-refractivity contribution in [2.75, 3.05) is 6.54 Å². The maximum atomic E-state index is 5.16. The van der Waals surface area contributed by atoms with E-state index in [9.17, 15) is 0 Å². The lowest BCUT2D eigenvalue weighted by molar-refractivity contribution is 0.241. The molecule has 12 heavy (non-hydrogen) atoms. The molecule has 1 nitrogen and oxygen atoms in total. The highest BCUT2D eigenvalue weighted by Gasteiger charge is 2.22. The van der Waals surface area contributed by atoms with Crippen molar-refractivity contribution in [2.24, 2.45) is 5.92 Å². The van der Waals surface area contributed by atoms with E-state index in [1.807, 2.05) is 0 Å². The van der Waals surface area contributed by atoms with Crippen molar-refractivity contribution in [1.29, 1.82) is 0 Å². The minimum absolute atomic E-state index is 0.705. The second kappa shape index (κ2) is 5.22. The Labute approximate surface area is 75.9 Å². The van der Waals surface area contributed by atoms with Gasteiger partial charge in [-0.2, -0.15) is 0 Å². The molecule has 0 aromatic heterocycles.